The van der Waals surface area contributed by atoms with Crippen LogP contribution < -0.4 is 10.1 Å². The molecule has 0 radical (unpaired) electrons. The van der Waals surface area contributed by atoms with E-state index in [4.69, 9.17) is 0 Å². The lowest BCUT2D eigenvalue weighted by atomic mass is 10.2. The van der Waals surface area contributed by atoms with Crippen LogP contribution in [0.3, 0.4) is 0 Å². The van der Waals surface area contributed by atoms with Crippen molar-refractivity contribution in [3.05, 3.63) is 29.8 Å². The molecule has 1 aromatic carbocycles. The number of nitrogens with zero attached hydrogens (tertiary/aromatic N) is 2. The SMILES string of the molecule is CN=C(NCc1ccc(OC(F)F)cc1)N1CCS(=O)(=O)C(C)(C)C1.I. The number of halogens is 3. The molecule has 1 fully saturated rings. The van der Waals surface area contributed by atoms with Gasteiger partial charge in [0.15, 0.2) is 15.8 Å². The Kier molecular flexibility index (Phi) is 8.05. The zero-order valence-electron chi connectivity index (χ0n) is 14.9. The Bertz CT molecular complexity index is 725. The molecule has 6 nitrogen and oxygen atoms in total. The van der Waals surface area contributed by atoms with Gasteiger partial charge in [0, 0.05) is 26.7 Å². The lowest BCUT2D eigenvalue weighted by Crippen LogP contribution is -2.57. The Balaban J connectivity index is 0.00000338. The Morgan fingerprint density at radius 1 is 1.35 bits per heavy atom. The summed E-state index contributed by atoms with van der Waals surface area (Å²) >= 11 is 0. The molecule has 0 atom stereocenters. The van der Waals surface area contributed by atoms with E-state index in [0.29, 0.717) is 25.6 Å². The van der Waals surface area contributed by atoms with Crippen LogP contribution in [0.25, 0.3) is 0 Å². The van der Waals surface area contributed by atoms with Crippen LogP contribution in [0.5, 0.6) is 5.75 Å². The van der Waals surface area contributed by atoms with E-state index in [1.54, 1.807) is 33.0 Å². The lowest BCUT2D eigenvalue weighted by Gasteiger charge is -2.39. The van der Waals surface area contributed by atoms with E-state index in [1.807, 2.05) is 4.90 Å². The highest BCUT2D eigenvalue weighted by Crippen LogP contribution is 2.23. The Morgan fingerprint density at radius 3 is 2.46 bits per heavy atom. The Hall–Kier alpha value is -1.17. The third-order valence-corrected chi connectivity index (χ3v) is 6.69. The van der Waals surface area contributed by atoms with Crippen LogP contribution in [0.1, 0.15) is 19.4 Å². The van der Waals surface area contributed by atoms with E-state index < -0.39 is 21.2 Å². The van der Waals surface area contributed by atoms with E-state index in [1.165, 1.54) is 12.1 Å². The summed E-state index contributed by atoms with van der Waals surface area (Å²) in [4.78, 5) is 6.12. The fourth-order valence-corrected chi connectivity index (χ4v) is 3.99. The van der Waals surface area contributed by atoms with E-state index in [-0.39, 0.29) is 35.5 Å². The van der Waals surface area contributed by atoms with E-state index in [9.17, 15) is 17.2 Å². The number of hydrogen-bond donors (Lipinski definition) is 1. The predicted molar refractivity (Wildman–Crippen MR) is 108 cm³/mol. The van der Waals surface area contributed by atoms with Gasteiger partial charge in [0.2, 0.25) is 0 Å². The second-order valence-electron chi connectivity index (χ2n) is 6.42. The molecular formula is C16H24F2IN3O3S. The van der Waals surface area contributed by atoms with Crippen LogP contribution in [0.2, 0.25) is 0 Å². The van der Waals surface area contributed by atoms with Crippen molar-refractivity contribution in [1.82, 2.24) is 10.2 Å². The highest BCUT2D eigenvalue weighted by Gasteiger charge is 2.40. The highest BCUT2D eigenvalue weighted by atomic mass is 127. The van der Waals surface area contributed by atoms with Crippen molar-refractivity contribution >= 4 is 39.8 Å². The number of guanidine groups is 1. The van der Waals surface area contributed by atoms with Gasteiger partial charge in [-0.2, -0.15) is 8.78 Å². The fraction of sp³-hybridized carbons (Fsp3) is 0.562. The van der Waals surface area contributed by atoms with Gasteiger partial charge in [-0.15, -0.1) is 24.0 Å². The van der Waals surface area contributed by atoms with Gasteiger partial charge in [0.05, 0.1) is 10.5 Å². The predicted octanol–water partition coefficient (Wildman–Crippen LogP) is 2.49. The first-order chi connectivity index (χ1) is 11.6. The summed E-state index contributed by atoms with van der Waals surface area (Å²) in [5, 5.41) is 3.17. The summed E-state index contributed by atoms with van der Waals surface area (Å²) in [5.41, 5.74) is 0.867. The molecule has 0 unspecified atom stereocenters. The number of sulfone groups is 1. The topological polar surface area (TPSA) is 71.0 Å². The second-order valence-corrected chi connectivity index (χ2v) is 9.17. The van der Waals surface area contributed by atoms with Gasteiger partial charge in [0.1, 0.15) is 5.75 Å². The number of rotatable bonds is 4. The van der Waals surface area contributed by atoms with Crippen molar-refractivity contribution in [1.29, 1.82) is 0 Å². The van der Waals surface area contributed by atoms with Crippen molar-refractivity contribution < 1.29 is 21.9 Å². The third-order valence-electron chi connectivity index (χ3n) is 4.15. The van der Waals surface area contributed by atoms with Crippen LogP contribution in [0, 0.1) is 0 Å². The first-order valence-corrected chi connectivity index (χ1v) is 9.51. The van der Waals surface area contributed by atoms with E-state index >= 15 is 0 Å². The normalized spacial score (nSPS) is 19.0. The zero-order valence-corrected chi connectivity index (χ0v) is 18.1. The fourth-order valence-electron chi connectivity index (χ4n) is 2.63. The molecule has 1 heterocycles. The van der Waals surface area contributed by atoms with Crippen LogP contribution in [0.15, 0.2) is 29.3 Å². The maximum Gasteiger partial charge on any atom is 0.387 e. The number of nitrogens with one attached hydrogen (secondary N) is 1. The summed E-state index contributed by atoms with van der Waals surface area (Å²) in [6.07, 6.45) is 0. The Morgan fingerprint density at radius 2 is 1.96 bits per heavy atom. The highest BCUT2D eigenvalue weighted by molar-refractivity contribution is 14.0. The number of benzene rings is 1. The van der Waals surface area contributed by atoms with Crippen molar-refractivity contribution in [2.45, 2.75) is 31.8 Å². The Labute approximate surface area is 169 Å². The minimum atomic E-state index is -3.12. The molecule has 1 aliphatic heterocycles. The van der Waals surface area contributed by atoms with E-state index in [2.05, 4.69) is 15.0 Å². The van der Waals surface area contributed by atoms with Gasteiger partial charge >= 0.3 is 6.61 Å². The second kappa shape index (κ2) is 9.16. The monoisotopic (exact) mass is 503 g/mol. The summed E-state index contributed by atoms with van der Waals surface area (Å²) in [6.45, 7) is 1.75. The van der Waals surface area contributed by atoms with Gasteiger partial charge in [-0.3, -0.25) is 4.99 Å². The average molecular weight is 503 g/mol. The number of aliphatic imine (C=N–C) groups is 1. The first-order valence-electron chi connectivity index (χ1n) is 7.86. The van der Waals surface area contributed by atoms with Gasteiger partial charge < -0.3 is 15.0 Å². The molecule has 0 saturated carbocycles. The third kappa shape index (κ3) is 5.66. The summed E-state index contributed by atoms with van der Waals surface area (Å²) in [7, 11) is -1.48. The van der Waals surface area contributed by atoms with Crippen molar-refractivity contribution in [2.24, 2.45) is 4.99 Å². The molecule has 0 spiro atoms. The zero-order chi connectivity index (χ0) is 18.7. The van der Waals surface area contributed by atoms with Crippen LogP contribution in [-0.4, -0.2) is 56.5 Å². The smallest absolute Gasteiger partial charge is 0.387 e. The summed E-state index contributed by atoms with van der Waals surface area (Å²) in [6, 6.07) is 6.32. The minimum absolute atomic E-state index is 0. The molecule has 0 amide bonds. The molecule has 26 heavy (non-hydrogen) atoms. The maximum absolute atomic E-state index is 12.1. The molecule has 148 valence electrons. The van der Waals surface area contributed by atoms with Crippen LogP contribution >= 0.6 is 24.0 Å². The molecule has 1 aliphatic rings. The lowest BCUT2D eigenvalue weighted by molar-refractivity contribution is -0.0498. The molecule has 1 N–H and O–H groups in total. The quantitative estimate of drug-likeness (QED) is 0.389. The number of alkyl halides is 2. The molecule has 0 aromatic heterocycles. The molecule has 0 bridgehead atoms. The van der Waals surface area contributed by atoms with Crippen LogP contribution in [-0.2, 0) is 16.4 Å². The first kappa shape index (κ1) is 22.9. The van der Waals surface area contributed by atoms with Crippen molar-refractivity contribution in [2.75, 3.05) is 25.9 Å². The molecular weight excluding hydrogens is 479 g/mol. The van der Waals surface area contributed by atoms with Gasteiger partial charge in [-0.25, -0.2) is 8.42 Å². The molecule has 10 heteroatoms. The average Bonchev–Trinajstić information content (AvgIpc) is 2.52. The molecule has 1 saturated heterocycles. The standard InChI is InChI=1S/C16H23F2N3O3S.HI/c1-16(2)11-21(8-9-25(16,22)23)15(19-3)20-10-12-4-6-13(7-5-12)24-14(17)18;/h4-7,14H,8-11H2,1-3H3,(H,19,20);1H. The summed E-state index contributed by atoms with van der Waals surface area (Å²) in [5.74, 6) is 0.794. The molecule has 1 aromatic rings. The van der Waals surface area contributed by atoms with Crippen molar-refractivity contribution in [3.63, 3.8) is 0 Å². The minimum Gasteiger partial charge on any atom is -0.435 e. The van der Waals surface area contributed by atoms with Gasteiger partial charge in [-0.05, 0) is 31.5 Å². The maximum atomic E-state index is 12.1. The number of hydrogen-bond acceptors (Lipinski definition) is 4. The largest absolute Gasteiger partial charge is 0.435 e. The van der Waals surface area contributed by atoms with Crippen molar-refractivity contribution in [3.8, 4) is 5.75 Å². The van der Waals surface area contributed by atoms with Gasteiger partial charge in [-0.1, -0.05) is 12.1 Å². The van der Waals surface area contributed by atoms with E-state index in [0.717, 1.165) is 5.56 Å². The molecule has 0 aliphatic carbocycles. The number of ether oxygens (including phenoxy) is 1. The van der Waals surface area contributed by atoms with Gasteiger partial charge in [0.25, 0.3) is 0 Å². The summed E-state index contributed by atoms with van der Waals surface area (Å²) < 4.78 is 52.0. The molecule has 2 rings (SSSR count). The van der Waals surface area contributed by atoms with Crippen LogP contribution in [0.4, 0.5) is 8.78 Å².